The monoisotopic (exact) mass is 346 g/mol. The number of nitrogens with zero attached hydrogens (tertiary/aromatic N) is 2. The van der Waals surface area contributed by atoms with Crippen molar-refractivity contribution in [3.8, 4) is 17.1 Å². The summed E-state index contributed by atoms with van der Waals surface area (Å²) in [7, 11) is 0. The molecule has 4 heteroatoms. The van der Waals surface area contributed by atoms with Crippen LogP contribution >= 0.6 is 0 Å². The lowest BCUT2D eigenvalue weighted by Gasteiger charge is -2.29. The van der Waals surface area contributed by atoms with Crippen molar-refractivity contribution in [2.75, 3.05) is 0 Å². The quantitative estimate of drug-likeness (QED) is 0.614. The van der Waals surface area contributed by atoms with E-state index in [9.17, 15) is 4.79 Å². The molecule has 0 spiro atoms. The molecule has 3 aromatic rings. The smallest absolute Gasteiger partial charge is 0.203 e. The van der Waals surface area contributed by atoms with Crippen molar-refractivity contribution in [3.05, 3.63) is 71.5 Å². The summed E-state index contributed by atoms with van der Waals surface area (Å²) in [6, 6.07) is 14.1. The number of carbonyl (C=O) groups is 1. The second-order valence-electron chi connectivity index (χ2n) is 7.77. The van der Waals surface area contributed by atoms with Gasteiger partial charge in [-0.05, 0) is 30.0 Å². The molecule has 0 radical (unpaired) electrons. The van der Waals surface area contributed by atoms with Gasteiger partial charge in [-0.3, -0.25) is 9.36 Å². The number of benzene rings is 2. The highest BCUT2D eigenvalue weighted by Gasteiger charge is 2.28. The number of ether oxygens (including phenoxy) is 1. The predicted octanol–water partition coefficient (Wildman–Crippen LogP) is 4.99. The Bertz CT molecular complexity index is 978. The van der Waals surface area contributed by atoms with E-state index in [0.29, 0.717) is 11.3 Å². The molecule has 0 N–H and O–H groups in total. The highest BCUT2D eigenvalue weighted by Crippen LogP contribution is 2.40. The van der Waals surface area contributed by atoms with Crippen LogP contribution in [0.1, 0.15) is 55.4 Å². The van der Waals surface area contributed by atoms with Gasteiger partial charge in [0.1, 0.15) is 11.6 Å². The van der Waals surface area contributed by atoms with Crippen molar-refractivity contribution in [3.63, 3.8) is 0 Å². The standard InChI is InChI=1S/C22H22N2O2/c1-14(25)16-7-10-18-19(13-16)26-21(24-12-11-23-20(18)24)15-5-8-17(9-6-15)22(2,3)4/h5-13,21H,1-4H3. The topological polar surface area (TPSA) is 44.1 Å². The lowest BCUT2D eigenvalue weighted by molar-refractivity contribution is 0.101. The summed E-state index contributed by atoms with van der Waals surface area (Å²) in [5.41, 5.74) is 3.99. The van der Waals surface area contributed by atoms with Gasteiger partial charge in [-0.15, -0.1) is 0 Å². The molecule has 2 heterocycles. The highest BCUT2D eigenvalue weighted by molar-refractivity contribution is 5.95. The van der Waals surface area contributed by atoms with Gasteiger partial charge in [0.05, 0.1) is 5.56 Å². The fourth-order valence-electron chi connectivity index (χ4n) is 3.29. The molecule has 0 saturated carbocycles. The van der Waals surface area contributed by atoms with Crippen LogP contribution in [0.25, 0.3) is 11.4 Å². The molecule has 0 fully saturated rings. The summed E-state index contributed by atoms with van der Waals surface area (Å²) in [6.07, 6.45) is 3.42. The summed E-state index contributed by atoms with van der Waals surface area (Å²) >= 11 is 0. The van der Waals surface area contributed by atoms with Crippen molar-refractivity contribution in [1.82, 2.24) is 9.55 Å². The molecule has 4 nitrogen and oxygen atoms in total. The number of imidazole rings is 1. The van der Waals surface area contributed by atoms with Crippen molar-refractivity contribution < 1.29 is 9.53 Å². The summed E-state index contributed by atoms with van der Waals surface area (Å²) < 4.78 is 8.32. The fraction of sp³-hybridized carbons (Fsp3) is 0.273. The van der Waals surface area contributed by atoms with E-state index in [0.717, 1.165) is 17.0 Å². The van der Waals surface area contributed by atoms with E-state index in [4.69, 9.17) is 4.74 Å². The summed E-state index contributed by atoms with van der Waals surface area (Å²) in [5.74, 6) is 1.57. The zero-order chi connectivity index (χ0) is 18.5. The second-order valence-corrected chi connectivity index (χ2v) is 7.77. The molecule has 0 saturated heterocycles. The van der Waals surface area contributed by atoms with Gasteiger partial charge < -0.3 is 4.74 Å². The van der Waals surface area contributed by atoms with Crippen molar-refractivity contribution in [2.24, 2.45) is 0 Å². The Kier molecular flexibility index (Phi) is 3.72. The number of hydrogen-bond acceptors (Lipinski definition) is 3. The van der Waals surface area contributed by atoms with Gasteiger partial charge in [-0.1, -0.05) is 51.1 Å². The lowest BCUT2D eigenvalue weighted by atomic mass is 9.86. The molecule has 0 aliphatic carbocycles. The molecule has 4 rings (SSSR count). The van der Waals surface area contributed by atoms with Crippen LogP contribution < -0.4 is 4.74 Å². The third-order valence-electron chi connectivity index (χ3n) is 4.85. The largest absolute Gasteiger partial charge is 0.465 e. The molecule has 1 aliphatic rings. The minimum Gasteiger partial charge on any atom is -0.465 e. The van der Waals surface area contributed by atoms with Gasteiger partial charge in [0.25, 0.3) is 0 Å². The first-order chi connectivity index (χ1) is 12.3. The maximum atomic E-state index is 11.7. The average Bonchev–Trinajstić information content (AvgIpc) is 3.09. The van der Waals surface area contributed by atoms with Gasteiger partial charge >= 0.3 is 0 Å². The molecule has 0 amide bonds. The fourth-order valence-corrected chi connectivity index (χ4v) is 3.29. The van der Waals surface area contributed by atoms with Crippen LogP contribution in [0.4, 0.5) is 0 Å². The van der Waals surface area contributed by atoms with Crippen LogP contribution in [0, 0.1) is 0 Å². The van der Waals surface area contributed by atoms with E-state index in [1.807, 2.05) is 29.0 Å². The number of Topliss-reactive ketones (excluding diaryl/α,β-unsaturated/α-hetero) is 1. The van der Waals surface area contributed by atoms with Crippen molar-refractivity contribution in [1.29, 1.82) is 0 Å². The van der Waals surface area contributed by atoms with E-state index in [2.05, 4.69) is 50.0 Å². The number of aromatic nitrogens is 2. The first kappa shape index (κ1) is 16.6. The van der Waals surface area contributed by atoms with Gasteiger partial charge in [-0.2, -0.15) is 0 Å². The van der Waals surface area contributed by atoms with E-state index >= 15 is 0 Å². The number of carbonyl (C=O) groups excluding carboxylic acids is 1. The van der Waals surface area contributed by atoms with Crippen molar-refractivity contribution >= 4 is 5.78 Å². The summed E-state index contributed by atoms with van der Waals surface area (Å²) in [4.78, 5) is 16.2. The second kappa shape index (κ2) is 5.84. The molecular formula is C22H22N2O2. The Morgan fingerprint density at radius 2 is 1.85 bits per heavy atom. The van der Waals surface area contributed by atoms with Crippen LogP contribution in [0.2, 0.25) is 0 Å². The van der Waals surface area contributed by atoms with E-state index in [1.54, 1.807) is 13.1 Å². The molecule has 1 aromatic heterocycles. The minimum absolute atomic E-state index is 0.0244. The van der Waals surface area contributed by atoms with E-state index in [1.165, 1.54) is 5.56 Å². The zero-order valence-corrected chi connectivity index (χ0v) is 15.5. The number of fused-ring (bicyclic) bond motifs is 3. The van der Waals surface area contributed by atoms with Crippen LogP contribution in [0.3, 0.4) is 0 Å². The third kappa shape index (κ3) is 2.71. The van der Waals surface area contributed by atoms with Gasteiger partial charge in [0.15, 0.2) is 5.78 Å². The van der Waals surface area contributed by atoms with E-state index < -0.39 is 0 Å². The third-order valence-corrected chi connectivity index (χ3v) is 4.85. The van der Waals surface area contributed by atoms with Crippen LogP contribution in [-0.2, 0) is 5.41 Å². The normalized spacial score (nSPS) is 15.8. The van der Waals surface area contributed by atoms with Crippen LogP contribution in [-0.4, -0.2) is 15.3 Å². The Balaban J connectivity index is 1.78. The highest BCUT2D eigenvalue weighted by atomic mass is 16.5. The molecular weight excluding hydrogens is 324 g/mol. The maximum absolute atomic E-state index is 11.7. The first-order valence-corrected chi connectivity index (χ1v) is 8.80. The molecule has 0 bridgehead atoms. The van der Waals surface area contributed by atoms with E-state index in [-0.39, 0.29) is 17.4 Å². The van der Waals surface area contributed by atoms with Gasteiger partial charge in [-0.25, -0.2) is 4.98 Å². The molecule has 26 heavy (non-hydrogen) atoms. The molecule has 1 aliphatic heterocycles. The zero-order valence-electron chi connectivity index (χ0n) is 15.5. The Morgan fingerprint density at radius 1 is 1.12 bits per heavy atom. The lowest BCUT2D eigenvalue weighted by Crippen LogP contribution is -2.22. The van der Waals surface area contributed by atoms with Gasteiger partial charge in [0.2, 0.25) is 6.23 Å². The Hall–Kier alpha value is -2.88. The van der Waals surface area contributed by atoms with Crippen molar-refractivity contribution in [2.45, 2.75) is 39.3 Å². The Morgan fingerprint density at radius 3 is 2.50 bits per heavy atom. The van der Waals surface area contributed by atoms with Crippen LogP contribution in [0.5, 0.6) is 5.75 Å². The average molecular weight is 346 g/mol. The minimum atomic E-state index is -0.295. The summed E-state index contributed by atoms with van der Waals surface area (Å²) in [6.45, 7) is 8.17. The molecule has 2 aromatic carbocycles. The number of hydrogen-bond donors (Lipinski definition) is 0. The number of ketones is 1. The predicted molar refractivity (Wildman–Crippen MR) is 102 cm³/mol. The first-order valence-electron chi connectivity index (χ1n) is 8.80. The SMILES string of the molecule is CC(=O)c1ccc2c(c1)OC(c1ccc(C(C)(C)C)cc1)n1ccnc1-2. The maximum Gasteiger partial charge on any atom is 0.203 e. The number of rotatable bonds is 2. The molecule has 1 atom stereocenters. The van der Waals surface area contributed by atoms with Crippen LogP contribution in [0.15, 0.2) is 54.9 Å². The molecule has 132 valence electrons. The Labute approximate surface area is 153 Å². The summed E-state index contributed by atoms with van der Waals surface area (Å²) in [5, 5.41) is 0. The van der Waals surface area contributed by atoms with Gasteiger partial charge in [0, 0.05) is 23.5 Å². The molecule has 1 unspecified atom stereocenters.